The molecule has 0 aromatic carbocycles. The van der Waals surface area contributed by atoms with Crippen LogP contribution in [-0.2, 0) is 13.0 Å². The molecule has 1 aromatic heterocycles. The van der Waals surface area contributed by atoms with Crippen molar-refractivity contribution in [2.75, 3.05) is 13.1 Å². The first-order chi connectivity index (χ1) is 9.95. The zero-order valence-corrected chi connectivity index (χ0v) is 13.8. The molecule has 21 heavy (non-hydrogen) atoms. The minimum atomic E-state index is -0.345. The maximum absolute atomic E-state index is 12.1. The van der Waals surface area contributed by atoms with Crippen molar-refractivity contribution in [2.24, 2.45) is 11.8 Å². The van der Waals surface area contributed by atoms with Crippen LogP contribution < -0.4 is 5.32 Å². The average Bonchev–Trinajstić information content (AvgIpc) is 3.04. The number of likely N-dealkylation sites (tertiary alicyclic amines) is 1. The largest absolute Gasteiger partial charge is 0.393 e. The molecule has 1 fully saturated rings. The molecule has 1 aromatic rings. The Morgan fingerprint density at radius 3 is 2.95 bits per heavy atom. The Morgan fingerprint density at radius 2 is 2.33 bits per heavy atom. The second-order valence-corrected chi connectivity index (χ2v) is 7.41. The first-order valence-electron chi connectivity index (χ1n) is 7.60. The van der Waals surface area contributed by atoms with E-state index in [0.29, 0.717) is 19.0 Å². The lowest BCUT2D eigenvalue weighted by Gasteiger charge is -2.18. The maximum atomic E-state index is 12.1. The van der Waals surface area contributed by atoms with Gasteiger partial charge in [0.1, 0.15) is 0 Å². The fourth-order valence-corrected chi connectivity index (χ4v) is 3.59. The highest BCUT2D eigenvalue weighted by molar-refractivity contribution is 7.11. The van der Waals surface area contributed by atoms with Gasteiger partial charge in [-0.15, -0.1) is 11.3 Å². The molecule has 0 spiro atoms. The minimum Gasteiger partial charge on any atom is -0.393 e. The molecule has 1 saturated heterocycles. The van der Waals surface area contributed by atoms with Crippen molar-refractivity contribution >= 4 is 17.4 Å². The van der Waals surface area contributed by atoms with Gasteiger partial charge in [0.2, 0.25) is 0 Å². The van der Waals surface area contributed by atoms with Gasteiger partial charge in [-0.3, -0.25) is 0 Å². The van der Waals surface area contributed by atoms with Crippen molar-refractivity contribution in [3.63, 3.8) is 0 Å². The normalized spacial score (nSPS) is 20.0. The monoisotopic (exact) mass is 311 g/mol. The van der Waals surface area contributed by atoms with E-state index in [1.807, 2.05) is 6.20 Å². The minimum absolute atomic E-state index is 0.0445. The number of rotatable bonds is 5. The average molecular weight is 311 g/mol. The fraction of sp³-hybridized carbons (Fsp3) is 0.733. The van der Waals surface area contributed by atoms with Gasteiger partial charge in [0, 0.05) is 36.5 Å². The molecule has 5 nitrogen and oxygen atoms in total. The number of aliphatic hydroxyl groups is 1. The predicted molar refractivity (Wildman–Crippen MR) is 84.3 cm³/mol. The molecule has 118 valence electrons. The summed E-state index contributed by atoms with van der Waals surface area (Å²) in [6.45, 7) is 8.04. The van der Waals surface area contributed by atoms with Crippen LogP contribution in [0.1, 0.15) is 37.1 Å². The number of carbonyl (C=O) groups excluding carboxylic acids is 1. The van der Waals surface area contributed by atoms with Crippen LogP contribution in [0.2, 0.25) is 0 Å². The number of hydrogen-bond donors (Lipinski definition) is 2. The van der Waals surface area contributed by atoms with Crippen LogP contribution in [0.3, 0.4) is 0 Å². The smallest absolute Gasteiger partial charge is 0.317 e. The highest BCUT2D eigenvalue weighted by atomic mass is 32.1. The third-order valence-corrected chi connectivity index (χ3v) is 4.81. The van der Waals surface area contributed by atoms with E-state index >= 15 is 0 Å². The van der Waals surface area contributed by atoms with Crippen LogP contribution in [-0.4, -0.2) is 40.2 Å². The van der Waals surface area contributed by atoms with E-state index in [9.17, 15) is 9.90 Å². The Hall–Kier alpha value is -1.14. The molecule has 2 heterocycles. The lowest BCUT2D eigenvalue weighted by molar-refractivity contribution is 0.129. The Balaban J connectivity index is 1.78. The molecule has 1 aliphatic rings. The van der Waals surface area contributed by atoms with Gasteiger partial charge < -0.3 is 15.3 Å². The topological polar surface area (TPSA) is 65.5 Å². The summed E-state index contributed by atoms with van der Waals surface area (Å²) < 4.78 is 0. The van der Waals surface area contributed by atoms with Crippen molar-refractivity contribution in [1.82, 2.24) is 15.2 Å². The van der Waals surface area contributed by atoms with E-state index in [4.69, 9.17) is 0 Å². The van der Waals surface area contributed by atoms with Crippen molar-refractivity contribution in [2.45, 2.75) is 46.3 Å². The Bertz CT molecular complexity index is 473. The number of nitrogens with one attached hydrogen (secondary N) is 1. The van der Waals surface area contributed by atoms with E-state index in [1.165, 1.54) is 0 Å². The van der Waals surface area contributed by atoms with Gasteiger partial charge in [0.15, 0.2) is 0 Å². The van der Waals surface area contributed by atoms with Crippen LogP contribution in [0.25, 0.3) is 0 Å². The van der Waals surface area contributed by atoms with Gasteiger partial charge in [-0.1, -0.05) is 13.8 Å². The molecule has 0 saturated carbocycles. The maximum Gasteiger partial charge on any atom is 0.317 e. The summed E-state index contributed by atoms with van der Waals surface area (Å²) >= 11 is 1.67. The van der Waals surface area contributed by atoms with Crippen LogP contribution in [0.5, 0.6) is 0 Å². The zero-order chi connectivity index (χ0) is 15.4. The van der Waals surface area contributed by atoms with Crippen LogP contribution >= 0.6 is 11.3 Å². The van der Waals surface area contributed by atoms with Crippen molar-refractivity contribution in [1.29, 1.82) is 0 Å². The summed E-state index contributed by atoms with van der Waals surface area (Å²) in [6.07, 6.45) is 3.37. The number of amides is 2. The Labute approximate surface area is 130 Å². The summed E-state index contributed by atoms with van der Waals surface area (Å²) in [5, 5.41) is 13.6. The van der Waals surface area contributed by atoms with Gasteiger partial charge in [-0.25, -0.2) is 9.78 Å². The Kier molecular flexibility index (Phi) is 5.58. The molecular formula is C15H25N3O2S. The number of urea groups is 1. The van der Waals surface area contributed by atoms with E-state index in [-0.39, 0.29) is 18.1 Å². The van der Waals surface area contributed by atoms with Crippen molar-refractivity contribution < 1.29 is 9.90 Å². The molecule has 0 unspecified atom stereocenters. The second-order valence-electron chi connectivity index (χ2n) is 6.21. The van der Waals surface area contributed by atoms with Crippen molar-refractivity contribution in [3.8, 4) is 0 Å². The standard InChI is InChI=1S/C15H25N3O2S/c1-10(2)6-14-16-7-13(21-14)8-17-15(20)18-5-4-12(9-18)11(3)19/h7,10-12,19H,4-6,8-9H2,1-3H3,(H,17,20)/t11-,12-/m0/s1. The van der Waals surface area contributed by atoms with Gasteiger partial charge in [0.25, 0.3) is 0 Å². The number of aliphatic hydroxyl groups excluding tert-OH is 1. The van der Waals surface area contributed by atoms with Gasteiger partial charge >= 0.3 is 6.03 Å². The SMILES string of the molecule is CC(C)Cc1ncc(CNC(=O)N2CC[C@H]([C@H](C)O)C2)s1. The fourth-order valence-electron chi connectivity index (χ4n) is 2.51. The van der Waals surface area contributed by atoms with E-state index < -0.39 is 0 Å². The van der Waals surface area contributed by atoms with E-state index in [1.54, 1.807) is 23.2 Å². The number of aromatic nitrogens is 1. The quantitative estimate of drug-likeness (QED) is 0.876. The molecule has 1 aliphatic heterocycles. The van der Waals surface area contributed by atoms with Gasteiger partial charge in [-0.05, 0) is 19.3 Å². The zero-order valence-electron chi connectivity index (χ0n) is 13.0. The first-order valence-corrected chi connectivity index (χ1v) is 8.41. The molecule has 2 atom stereocenters. The number of nitrogens with zero attached hydrogens (tertiary/aromatic N) is 2. The molecule has 0 radical (unpaired) electrons. The summed E-state index contributed by atoms with van der Waals surface area (Å²) in [6, 6.07) is -0.0445. The summed E-state index contributed by atoms with van der Waals surface area (Å²) in [7, 11) is 0. The third-order valence-electron chi connectivity index (χ3n) is 3.79. The predicted octanol–water partition coefficient (Wildman–Crippen LogP) is 2.25. The van der Waals surface area contributed by atoms with Gasteiger partial charge in [0.05, 0.1) is 17.7 Å². The van der Waals surface area contributed by atoms with E-state index in [0.717, 1.165) is 29.3 Å². The van der Waals surface area contributed by atoms with Crippen molar-refractivity contribution in [3.05, 3.63) is 16.1 Å². The Morgan fingerprint density at radius 1 is 1.57 bits per heavy atom. The molecule has 6 heteroatoms. The number of hydrogen-bond acceptors (Lipinski definition) is 4. The third kappa shape index (κ3) is 4.68. The summed E-state index contributed by atoms with van der Waals surface area (Å²) in [5.41, 5.74) is 0. The first kappa shape index (κ1) is 16.2. The summed E-state index contributed by atoms with van der Waals surface area (Å²) in [4.78, 5) is 19.3. The number of thiazole rings is 1. The summed E-state index contributed by atoms with van der Waals surface area (Å²) in [5.74, 6) is 0.803. The molecule has 0 aliphatic carbocycles. The highest BCUT2D eigenvalue weighted by Gasteiger charge is 2.28. The molecule has 2 rings (SSSR count). The molecule has 2 N–H and O–H groups in total. The lowest BCUT2D eigenvalue weighted by atomic mass is 10.0. The van der Waals surface area contributed by atoms with Crippen LogP contribution in [0.4, 0.5) is 4.79 Å². The lowest BCUT2D eigenvalue weighted by Crippen LogP contribution is -2.38. The van der Waals surface area contributed by atoms with Crippen LogP contribution in [0.15, 0.2) is 6.20 Å². The van der Waals surface area contributed by atoms with E-state index in [2.05, 4.69) is 24.1 Å². The number of carbonyl (C=O) groups is 1. The molecular weight excluding hydrogens is 286 g/mol. The van der Waals surface area contributed by atoms with Gasteiger partial charge in [-0.2, -0.15) is 0 Å². The molecule has 2 amide bonds. The second kappa shape index (κ2) is 7.22. The van der Waals surface area contributed by atoms with Crippen LogP contribution in [0, 0.1) is 11.8 Å². The highest BCUT2D eigenvalue weighted by Crippen LogP contribution is 2.20. The molecule has 0 bridgehead atoms.